The van der Waals surface area contributed by atoms with Gasteiger partial charge in [0.05, 0.1) is 6.61 Å². The van der Waals surface area contributed by atoms with E-state index in [1.807, 2.05) is 0 Å². The lowest BCUT2D eigenvalue weighted by molar-refractivity contribution is 0.125. The zero-order chi connectivity index (χ0) is 12.0. The van der Waals surface area contributed by atoms with Crippen molar-refractivity contribution in [1.29, 1.82) is 0 Å². The molecule has 0 saturated heterocycles. The van der Waals surface area contributed by atoms with Crippen molar-refractivity contribution >= 4 is 0 Å². The fourth-order valence-corrected chi connectivity index (χ4v) is 2.60. The van der Waals surface area contributed by atoms with E-state index in [0.717, 1.165) is 13.2 Å². The zero-order valence-corrected chi connectivity index (χ0v) is 11.0. The summed E-state index contributed by atoms with van der Waals surface area (Å²) in [5.41, 5.74) is 5.85. The first-order valence-corrected chi connectivity index (χ1v) is 6.64. The SMILES string of the molecule is COCC(NC1CCCCC1CN)C(C)C. The van der Waals surface area contributed by atoms with Gasteiger partial charge in [0, 0.05) is 19.2 Å². The molecule has 1 fully saturated rings. The number of hydrogen-bond donors (Lipinski definition) is 2. The second-order valence-electron chi connectivity index (χ2n) is 5.36. The number of hydrogen-bond acceptors (Lipinski definition) is 3. The van der Waals surface area contributed by atoms with E-state index in [9.17, 15) is 0 Å². The molecule has 3 unspecified atom stereocenters. The minimum Gasteiger partial charge on any atom is -0.383 e. The van der Waals surface area contributed by atoms with Gasteiger partial charge in [0.15, 0.2) is 0 Å². The van der Waals surface area contributed by atoms with Crippen LogP contribution in [0, 0.1) is 11.8 Å². The summed E-state index contributed by atoms with van der Waals surface area (Å²) in [6.07, 6.45) is 5.24. The van der Waals surface area contributed by atoms with E-state index in [1.54, 1.807) is 7.11 Å². The van der Waals surface area contributed by atoms with E-state index in [1.165, 1.54) is 25.7 Å². The van der Waals surface area contributed by atoms with Gasteiger partial charge in [-0.2, -0.15) is 0 Å². The summed E-state index contributed by atoms with van der Waals surface area (Å²) in [4.78, 5) is 0. The third-order valence-corrected chi connectivity index (χ3v) is 3.79. The number of nitrogens with two attached hydrogens (primary N) is 1. The van der Waals surface area contributed by atoms with Crippen molar-refractivity contribution < 1.29 is 4.74 Å². The highest BCUT2D eigenvalue weighted by Crippen LogP contribution is 2.24. The van der Waals surface area contributed by atoms with Gasteiger partial charge in [-0.25, -0.2) is 0 Å². The van der Waals surface area contributed by atoms with E-state index in [0.29, 0.717) is 23.9 Å². The van der Waals surface area contributed by atoms with Crippen LogP contribution >= 0.6 is 0 Å². The minimum absolute atomic E-state index is 0.460. The summed E-state index contributed by atoms with van der Waals surface area (Å²) in [5, 5.41) is 3.75. The van der Waals surface area contributed by atoms with Crippen molar-refractivity contribution in [3.8, 4) is 0 Å². The van der Waals surface area contributed by atoms with Crippen LogP contribution in [-0.2, 0) is 4.74 Å². The smallest absolute Gasteiger partial charge is 0.0618 e. The number of rotatable bonds is 6. The van der Waals surface area contributed by atoms with Crippen LogP contribution in [0.15, 0.2) is 0 Å². The van der Waals surface area contributed by atoms with Crippen LogP contribution < -0.4 is 11.1 Å². The highest BCUT2D eigenvalue weighted by Gasteiger charge is 2.26. The van der Waals surface area contributed by atoms with Gasteiger partial charge < -0.3 is 15.8 Å². The highest BCUT2D eigenvalue weighted by molar-refractivity contribution is 4.85. The predicted octanol–water partition coefficient (Wildman–Crippen LogP) is 1.76. The Balaban J connectivity index is 2.47. The molecule has 0 aliphatic heterocycles. The molecule has 1 aliphatic carbocycles. The second kappa shape index (κ2) is 7.25. The monoisotopic (exact) mass is 228 g/mol. The predicted molar refractivity (Wildman–Crippen MR) is 68.4 cm³/mol. The van der Waals surface area contributed by atoms with Crippen LogP contribution in [0.2, 0.25) is 0 Å². The van der Waals surface area contributed by atoms with Gasteiger partial charge in [0.2, 0.25) is 0 Å². The molecule has 16 heavy (non-hydrogen) atoms. The fourth-order valence-electron chi connectivity index (χ4n) is 2.60. The molecule has 0 aromatic rings. The molecule has 3 N–H and O–H groups in total. The molecule has 3 nitrogen and oxygen atoms in total. The molecular formula is C13H28N2O. The Hall–Kier alpha value is -0.120. The summed E-state index contributed by atoms with van der Waals surface area (Å²) in [6.45, 7) is 6.11. The summed E-state index contributed by atoms with van der Waals surface area (Å²) in [7, 11) is 1.78. The lowest BCUT2D eigenvalue weighted by Crippen LogP contribution is -2.50. The molecule has 0 radical (unpaired) electrons. The van der Waals surface area contributed by atoms with E-state index in [-0.39, 0.29) is 0 Å². The fraction of sp³-hybridized carbons (Fsp3) is 1.00. The molecule has 3 heteroatoms. The quantitative estimate of drug-likeness (QED) is 0.728. The number of ether oxygens (including phenoxy) is 1. The number of nitrogens with one attached hydrogen (secondary N) is 1. The molecule has 96 valence electrons. The van der Waals surface area contributed by atoms with Crippen LogP contribution in [-0.4, -0.2) is 32.3 Å². The van der Waals surface area contributed by atoms with Gasteiger partial charge in [-0.05, 0) is 31.2 Å². The Kier molecular flexibility index (Phi) is 6.32. The van der Waals surface area contributed by atoms with Gasteiger partial charge in [-0.15, -0.1) is 0 Å². The average molecular weight is 228 g/mol. The van der Waals surface area contributed by atoms with Gasteiger partial charge in [0.1, 0.15) is 0 Å². The molecule has 0 spiro atoms. The molecule has 1 aliphatic rings. The topological polar surface area (TPSA) is 47.3 Å². The van der Waals surface area contributed by atoms with Crippen LogP contribution in [0.1, 0.15) is 39.5 Å². The van der Waals surface area contributed by atoms with E-state index in [2.05, 4.69) is 19.2 Å². The summed E-state index contributed by atoms with van der Waals surface area (Å²) in [5.74, 6) is 1.27. The van der Waals surface area contributed by atoms with Gasteiger partial charge in [-0.3, -0.25) is 0 Å². The third kappa shape index (κ3) is 4.04. The summed E-state index contributed by atoms with van der Waals surface area (Å²) >= 11 is 0. The Morgan fingerprint density at radius 3 is 2.56 bits per heavy atom. The Bertz CT molecular complexity index is 185. The number of methoxy groups -OCH3 is 1. The van der Waals surface area contributed by atoms with Crippen molar-refractivity contribution in [2.45, 2.75) is 51.6 Å². The maximum absolute atomic E-state index is 5.85. The molecular weight excluding hydrogens is 200 g/mol. The van der Waals surface area contributed by atoms with E-state index < -0.39 is 0 Å². The van der Waals surface area contributed by atoms with E-state index in [4.69, 9.17) is 10.5 Å². The Labute approximate surface area is 100 Å². The van der Waals surface area contributed by atoms with Crippen LogP contribution in [0.25, 0.3) is 0 Å². The first kappa shape index (κ1) is 13.9. The molecule has 3 atom stereocenters. The largest absolute Gasteiger partial charge is 0.383 e. The average Bonchev–Trinajstić information content (AvgIpc) is 2.29. The van der Waals surface area contributed by atoms with Gasteiger partial charge in [0.25, 0.3) is 0 Å². The normalized spacial score (nSPS) is 28.3. The Morgan fingerprint density at radius 2 is 2.00 bits per heavy atom. The van der Waals surface area contributed by atoms with Crippen molar-refractivity contribution in [1.82, 2.24) is 5.32 Å². The van der Waals surface area contributed by atoms with Crippen molar-refractivity contribution in [3.63, 3.8) is 0 Å². The molecule has 0 aromatic heterocycles. The summed E-state index contributed by atoms with van der Waals surface area (Å²) < 4.78 is 5.28. The zero-order valence-electron chi connectivity index (χ0n) is 11.0. The molecule has 1 rings (SSSR count). The maximum Gasteiger partial charge on any atom is 0.0618 e. The summed E-state index contributed by atoms with van der Waals surface area (Å²) in [6, 6.07) is 1.06. The van der Waals surface area contributed by atoms with Gasteiger partial charge in [-0.1, -0.05) is 26.7 Å². The third-order valence-electron chi connectivity index (χ3n) is 3.79. The van der Waals surface area contributed by atoms with Crippen LogP contribution in [0.3, 0.4) is 0 Å². The first-order chi connectivity index (χ1) is 7.69. The second-order valence-corrected chi connectivity index (χ2v) is 5.36. The maximum atomic E-state index is 5.85. The van der Waals surface area contributed by atoms with Crippen molar-refractivity contribution in [2.24, 2.45) is 17.6 Å². The molecule has 1 saturated carbocycles. The lowest BCUT2D eigenvalue weighted by atomic mass is 9.83. The van der Waals surface area contributed by atoms with Crippen LogP contribution in [0.4, 0.5) is 0 Å². The molecule has 0 heterocycles. The highest BCUT2D eigenvalue weighted by atomic mass is 16.5. The Morgan fingerprint density at radius 1 is 1.31 bits per heavy atom. The molecule has 0 amide bonds. The molecule has 0 aromatic carbocycles. The standard InChI is InChI=1S/C13H28N2O/c1-10(2)13(9-16-3)15-12-7-5-4-6-11(12)8-14/h10-13,15H,4-9,14H2,1-3H3. The van der Waals surface area contributed by atoms with E-state index >= 15 is 0 Å². The molecule has 0 bridgehead atoms. The lowest BCUT2D eigenvalue weighted by Gasteiger charge is -2.35. The van der Waals surface area contributed by atoms with Gasteiger partial charge >= 0.3 is 0 Å². The van der Waals surface area contributed by atoms with Crippen molar-refractivity contribution in [2.75, 3.05) is 20.3 Å². The first-order valence-electron chi connectivity index (χ1n) is 6.64. The van der Waals surface area contributed by atoms with Crippen molar-refractivity contribution in [3.05, 3.63) is 0 Å². The minimum atomic E-state index is 0.460. The van der Waals surface area contributed by atoms with Crippen LogP contribution in [0.5, 0.6) is 0 Å².